The quantitative estimate of drug-likeness (QED) is 0.539. The maximum Gasteiger partial charge on any atom is 0.328 e. The molecule has 0 fully saturated rings. The molecule has 0 aliphatic heterocycles. The molecule has 0 aromatic carbocycles. The third kappa shape index (κ3) is 7.35. The van der Waals surface area contributed by atoms with Gasteiger partial charge in [-0.3, -0.25) is 0 Å². The molecule has 0 aliphatic rings. The van der Waals surface area contributed by atoms with E-state index in [0.717, 1.165) is 18.1 Å². The molecule has 0 aromatic rings. The van der Waals surface area contributed by atoms with E-state index in [1.165, 1.54) is 6.08 Å². The highest BCUT2D eigenvalue weighted by atomic mass is 16.4. The standard InChI is InChI=1S/C12H18O2/c1-4-10(2)9-11(3)7-5-6-8-12(13)14/h5-10H,4H2,1-3H3,(H,13,14)/b7-5+,8-6+,11-9+/t10-/m1/s1. The van der Waals surface area contributed by atoms with Crippen LogP contribution in [-0.2, 0) is 4.79 Å². The van der Waals surface area contributed by atoms with E-state index in [2.05, 4.69) is 19.9 Å². The minimum absolute atomic E-state index is 0.572. The van der Waals surface area contributed by atoms with Crippen molar-refractivity contribution in [2.45, 2.75) is 27.2 Å². The maximum atomic E-state index is 10.1. The maximum absolute atomic E-state index is 10.1. The van der Waals surface area contributed by atoms with Crippen LogP contribution in [-0.4, -0.2) is 11.1 Å². The number of aliphatic carboxylic acids is 1. The van der Waals surface area contributed by atoms with Crippen molar-refractivity contribution in [2.75, 3.05) is 0 Å². The molecule has 0 heterocycles. The zero-order valence-electron chi connectivity index (χ0n) is 9.03. The molecule has 2 nitrogen and oxygen atoms in total. The van der Waals surface area contributed by atoms with Crippen LogP contribution in [0, 0.1) is 5.92 Å². The van der Waals surface area contributed by atoms with Gasteiger partial charge in [0.25, 0.3) is 0 Å². The second-order valence-corrected chi connectivity index (χ2v) is 3.35. The third-order valence-corrected chi connectivity index (χ3v) is 1.90. The summed E-state index contributed by atoms with van der Waals surface area (Å²) in [4.78, 5) is 10.1. The van der Waals surface area contributed by atoms with Crippen LogP contribution in [0.15, 0.2) is 36.0 Å². The first-order chi connectivity index (χ1) is 6.56. The molecular formula is C12H18O2. The highest BCUT2D eigenvalue weighted by Crippen LogP contribution is 2.07. The van der Waals surface area contributed by atoms with Crippen molar-refractivity contribution in [3.8, 4) is 0 Å². The molecule has 0 aromatic heterocycles. The Morgan fingerprint density at radius 3 is 2.43 bits per heavy atom. The normalized spacial score (nSPS) is 15.2. The molecule has 1 N–H and O–H groups in total. The smallest absolute Gasteiger partial charge is 0.328 e. The van der Waals surface area contributed by atoms with Crippen molar-refractivity contribution in [3.63, 3.8) is 0 Å². The van der Waals surface area contributed by atoms with Gasteiger partial charge in [0.15, 0.2) is 0 Å². The molecule has 2 heteroatoms. The molecular weight excluding hydrogens is 176 g/mol. The molecule has 0 saturated carbocycles. The zero-order chi connectivity index (χ0) is 11.0. The van der Waals surface area contributed by atoms with Crippen LogP contribution in [0.1, 0.15) is 27.2 Å². The third-order valence-electron chi connectivity index (χ3n) is 1.90. The molecule has 0 unspecified atom stereocenters. The Hall–Kier alpha value is -1.31. The summed E-state index contributed by atoms with van der Waals surface area (Å²) in [5.41, 5.74) is 1.16. The van der Waals surface area contributed by atoms with E-state index in [1.54, 1.807) is 6.08 Å². The zero-order valence-corrected chi connectivity index (χ0v) is 9.03. The van der Waals surface area contributed by atoms with Gasteiger partial charge in [0.1, 0.15) is 0 Å². The van der Waals surface area contributed by atoms with Gasteiger partial charge >= 0.3 is 5.97 Å². The minimum atomic E-state index is -0.918. The van der Waals surface area contributed by atoms with E-state index in [0.29, 0.717) is 5.92 Å². The lowest BCUT2D eigenvalue weighted by atomic mass is 10.1. The summed E-state index contributed by atoms with van der Waals surface area (Å²) >= 11 is 0. The van der Waals surface area contributed by atoms with Crippen molar-refractivity contribution >= 4 is 5.97 Å². The second-order valence-electron chi connectivity index (χ2n) is 3.35. The minimum Gasteiger partial charge on any atom is -0.478 e. The van der Waals surface area contributed by atoms with E-state index >= 15 is 0 Å². The number of hydrogen-bond acceptors (Lipinski definition) is 1. The number of hydrogen-bond donors (Lipinski definition) is 1. The van der Waals surface area contributed by atoms with Gasteiger partial charge < -0.3 is 5.11 Å². The predicted octanol–water partition coefficient (Wildman–Crippen LogP) is 3.18. The number of rotatable bonds is 5. The van der Waals surface area contributed by atoms with Crippen LogP contribution < -0.4 is 0 Å². The number of carbonyl (C=O) groups is 1. The van der Waals surface area contributed by atoms with Gasteiger partial charge in [0.2, 0.25) is 0 Å². The summed E-state index contributed by atoms with van der Waals surface area (Å²) in [6, 6.07) is 0. The van der Waals surface area contributed by atoms with Crippen LogP contribution in [0.25, 0.3) is 0 Å². The summed E-state index contributed by atoms with van der Waals surface area (Å²) in [6.07, 6.45) is 9.58. The highest BCUT2D eigenvalue weighted by molar-refractivity contribution is 5.80. The van der Waals surface area contributed by atoms with E-state index < -0.39 is 5.97 Å². The monoisotopic (exact) mass is 194 g/mol. The molecule has 0 bridgehead atoms. The van der Waals surface area contributed by atoms with Gasteiger partial charge in [-0.15, -0.1) is 0 Å². The highest BCUT2D eigenvalue weighted by Gasteiger charge is 1.91. The fourth-order valence-corrected chi connectivity index (χ4v) is 0.967. The van der Waals surface area contributed by atoms with Crippen LogP contribution in [0.2, 0.25) is 0 Å². The number of allylic oxidation sites excluding steroid dienone is 5. The van der Waals surface area contributed by atoms with Crippen LogP contribution in [0.5, 0.6) is 0 Å². The van der Waals surface area contributed by atoms with Crippen molar-refractivity contribution in [2.24, 2.45) is 5.92 Å². The lowest BCUT2D eigenvalue weighted by Crippen LogP contribution is -1.86. The topological polar surface area (TPSA) is 37.3 Å². The van der Waals surface area contributed by atoms with Crippen molar-refractivity contribution < 1.29 is 9.90 Å². The average Bonchev–Trinajstić information content (AvgIpc) is 2.12. The number of carboxylic acid groups (broad SMARTS) is 1. The Morgan fingerprint density at radius 1 is 1.36 bits per heavy atom. The first kappa shape index (κ1) is 12.7. The molecule has 0 saturated heterocycles. The molecule has 0 spiro atoms. The predicted molar refractivity (Wildman–Crippen MR) is 59.1 cm³/mol. The van der Waals surface area contributed by atoms with Crippen molar-refractivity contribution in [1.82, 2.24) is 0 Å². The van der Waals surface area contributed by atoms with Gasteiger partial charge in [-0.2, -0.15) is 0 Å². The summed E-state index contributed by atoms with van der Waals surface area (Å²) in [6.45, 7) is 6.31. The second kappa shape index (κ2) is 7.13. The molecule has 0 radical (unpaired) electrons. The summed E-state index contributed by atoms with van der Waals surface area (Å²) in [5.74, 6) is -0.346. The lowest BCUT2D eigenvalue weighted by Gasteiger charge is -2.00. The largest absolute Gasteiger partial charge is 0.478 e. The average molecular weight is 194 g/mol. The Balaban J connectivity index is 4.11. The SMILES string of the molecule is CC[C@@H](C)/C=C(C)/C=C/C=C/C(=O)O. The summed E-state index contributed by atoms with van der Waals surface area (Å²) < 4.78 is 0. The van der Waals surface area contributed by atoms with Gasteiger partial charge in [0.05, 0.1) is 0 Å². The molecule has 1 atom stereocenters. The van der Waals surface area contributed by atoms with Gasteiger partial charge in [-0.25, -0.2) is 4.79 Å². The molecule has 0 aliphatic carbocycles. The Labute approximate surface area is 85.6 Å². The van der Waals surface area contributed by atoms with Crippen LogP contribution in [0.4, 0.5) is 0 Å². The molecule has 14 heavy (non-hydrogen) atoms. The Bertz CT molecular complexity index is 259. The first-order valence-corrected chi connectivity index (χ1v) is 4.82. The lowest BCUT2D eigenvalue weighted by molar-refractivity contribution is -0.131. The van der Waals surface area contributed by atoms with E-state index in [-0.39, 0.29) is 0 Å². The van der Waals surface area contributed by atoms with Gasteiger partial charge in [-0.1, -0.05) is 50.1 Å². The molecule has 0 rings (SSSR count). The van der Waals surface area contributed by atoms with Gasteiger partial charge in [-0.05, 0) is 12.8 Å². The van der Waals surface area contributed by atoms with Crippen molar-refractivity contribution in [3.05, 3.63) is 36.0 Å². The summed E-state index contributed by atoms with van der Waals surface area (Å²) in [5, 5.41) is 8.33. The van der Waals surface area contributed by atoms with E-state index in [9.17, 15) is 4.79 Å². The van der Waals surface area contributed by atoms with E-state index in [1.807, 2.05) is 13.0 Å². The summed E-state index contributed by atoms with van der Waals surface area (Å²) in [7, 11) is 0. The Kier molecular flexibility index (Phi) is 6.46. The fraction of sp³-hybridized carbons (Fsp3) is 0.417. The van der Waals surface area contributed by atoms with Crippen LogP contribution in [0.3, 0.4) is 0 Å². The molecule has 0 amide bonds. The molecule has 78 valence electrons. The van der Waals surface area contributed by atoms with E-state index in [4.69, 9.17) is 5.11 Å². The van der Waals surface area contributed by atoms with Gasteiger partial charge in [0, 0.05) is 6.08 Å². The Morgan fingerprint density at radius 2 is 1.93 bits per heavy atom. The number of carboxylic acids is 1. The first-order valence-electron chi connectivity index (χ1n) is 4.82. The fourth-order valence-electron chi connectivity index (χ4n) is 0.967. The van der Waals surface area contributed by atoms with Crippen molar-refractivity contribution in [1.29, 1.82) is 0 Å². The van der Waals surface area contributed by atoms with Crippen LogP contribution >= 0.6 is 0 Å².